The maximum absolute atomic E-state index is 4.32. The lowest BCUT2D eigenvalue weighted by atomic mass is 10.2. The van der Waals surface area contributed by atoms with Crippen molar-refractivity contribution in [3.8, 4) is 0 Å². The Labute approximate surface area is 198 Å². The highest BCUT2D eigenvalue weighted by molar-refractivity contribution is 8.01. The van der Waals surface area contributed by atoms with E-state index in [0.717, 1.165) is 40.2 Å². The molecule has 0 aliphatic rings. The zero-order valence-electron chi connectivity index (χ0n) is 18.8. The van der Waals surface area contributed by atoms with Gasteiger partial charge in [-0.25, -0.2) is 0 Å². The molecule has 1 heterocycles. The van der Waals surface area contributed by atoms with Crippen molar-refractivity contribution in [3.63, 3.8) is 0 Å². The van der Waals surface area contributed by atoms with E-state index in [0.29, 0.717) is 5.13 Å². The molecule has 2 aromatic carbocycles. The van der Waals surface area contributed by atoms with Crippen LogP contribution in [-0.2, 0) is 0 Å². The predicted molar refractivity (Wildman–Crippen MR) is 135 cm³/mol. The van der Waals surface area contributed by atoms with Crippen molar-refractivity contribution >= 4 is 51.0 Å². The summed E-state index contributed by atoms with van der Waals surface area (Å²) in [6, 6.07) is 15.6. The number of thioether (sulfide) groups is 1. The van der Waals surface area contributed by atoms with Crippen molar-refractivity contribution in [3.05, 3.63) is 48.5 Å². The van der Waals surface area contributed by atoms with Crippen LogP contribution in [0.1, 0.15) is 40.0 Å². The molecule has 0 spiro atoms. The Bertz CT molecular complexity index is 994. The average molecular weight is 468 g/mol. The quantitative estimate of drug-likeness (QED) is 0.152. The van der Waals surface area contributed by atoms with Crippen LogP contribution in [0.3, 0.4) is 0 Å². The van der Waals surface area contributed by atoms with Crippen LogP contribution >= 0.6 is 23.1 Å². The summed E-state index contributed by atoms with van der Waals surface area (Å²) < 4.78 is 0.941. The summed E-state index contributed by atoms with van der Waals surface area (Å²) in [5.74, 6) is 1.07. The highest BCUT2D eigenvalue weighted by atomic mass is 32.2. The SMILES string of the molecule is CCCCCSc1nnc(N=Nc2ccc(N=Nc3ccc(N(CC)CC)cc3)cc2)s1. The van der Waals surface area contributed by atoms with Gasteiger partial charge >= 0.3 is 0 Å². The van der Waals surface area contributed by atoms with Gasteiger partial charge in [0.2, 0.25) is 0 Å². The third kappa shape index (κ3) is 7.49. The van der Waals surface area contributed by atoms with E-state index in [9.17, 15) is 0 Å². The summed E-state index contributed by atoms with van der Waals surface area (Å²) in [4.78, 5) is 2.29. The Balaban J connectivity index is 1.53. The highest BCUT2D eigenvalue weighted by Crippen LogP contribution is 2.30. The zero-order valence-corrected chi connectivity index (χ0v) is 20.4. The van der Waals surface area contributed by atoms with E-state index < -0.39 is 0 Å². The first kappa shape index (κ1) is 24.0. The fraction of sp³-hybridized carbons (Fsp3) is 0.391. The Morgan fingerprint density at radius 1 is 0.750 bits per heavy atom. The van der Waals surface area contributed by atoms with E-state index in [-0.39, 0.29) is 0 Å². The lowest BCUT2D eigenvalue weighted by Crippen LogP contribution is -2.21. The van der Waals surface area contributed by atoms with Crippen molar-refractivity contribution < 1.29 is 0 Å². The number of anilines is 1. The molecule has 0 unspecified atom stereocenters. The number of hydrogen-bond donors (Lipinski definition) is 0. The molecule has 0 atom stereocenters. The van der Waals surface area contributed by atoms with Gasteiger partial charge in [0.25, 0.3) is 5.13 Å². The van der Waals surface area contributed by atoms with Crippen LogP contribution in [-0.4, -0.2) is 29.0 Å². The maximum Gasteiger partial charge on any atom is 0.252 e. The molecule has 0 saturated heterocycles. The number of benzene rings is 2. The number of hydrogen-bond acceptors (Lipinski definition) is 9. The van der Waals surface area contributed by atoms with Gasteiger partial charge in [-0.05, 0) is 68.8 Å². The molecule has 0 saturated carbocycles. The highest BCUT2D eigenvalue weighted by Gasteiger charge is 2.04. The second-order valence-corrected chi connectivity index (χ2v) is 9.31. The summed E-state index contributed by atoms with van der Waals surface area (Å²) in [7, 11) is 0. The first-order valence-electron chi connectivity index (χ1n) is 11.0. The normalized spacial score (nSPS) is 11.6. The number of aromatic nitrogens is 2. The van der Waals surface area contributed by atoms with Gasteiger partial charge in [-0.1, -0.05) is 42.9 Å². The molecule has 3 aromatic rings. The van der Waals surface area contributed by atoms with Gasteiger partial charge in [0.15, 0.2) is 4.34 Å². The van der Waals surface area contributed by atoms with Gasteiger partial charge in [0.1, 0.15) is 0 Å². The Kier molecular flexibility index (Phi) is 9.77. The second-order valence-electron chi connectivity index (χ2n) is 7.01. The molecule has 0 amide bonds. The van der Waals surface area contributed by atoms with Gasteiger partial charge in [0, 0.05) is 24.5 Å². The molecule has 0 aliphatic heterocycles. The van der Waals surface area contributed by atoms with E-state index in [1.54, 1.807) is 11.8 Å². The maximum atomic E-state index is 4.32. The molecule has 0 fully saturated rings. The molecule has 0 N–H and O–H groups in total. The van der Waals surface area contributed by atoms with Crippen LogP contribution < -0.4 is 4.90 Å². The van der Waals surface area contributed by atoms with Gasteiger partial charge in [-0.3, -0.25) is 0 Å². The summed E-state index contributed by atoms with van der Waals surface area (Å²) in [5.41, 5.74) is 3.52. The monoisotopic (exact) mass is 467 g/mol. The van der Waals surface area contributed by atoms with E-state index in [2.05, 4.69) is 68.5 Å². The van der Waals surface area contributed by atoms with Crippen LogP contribution in [0.25, 0.3) is 0 Å². The summed E-state index contributed by atoms with van der Waals surface area (Å²) in [5, 5.41) is 25.9. The van der Waals surface area contributed by atoms with Crippen molar-refractivity contribution in [1.82, 2.24) is 10.2 Å². The average Bonchev–Trinajstić information content (AvgIpc) is 3.29. The third-order valence-electron chi connectivity index (χ3n) is 4.73. The van der Waals surface area contributed by atoms with E-state index in [1.165, 1.54) is 36.3 Å². The molecule has 0 radical (unpaired) electrons. The molecular weight excluding hydrogens is 438 g/mol. The fourth-order valence-electron chi connectivity index (χ4n) is 2.93. The molecule has 32 heavy (non-hydrogen) atoms. The first-order valence-corrected chi connectivity index (χ1v) is 12.8. The van der Waals surface area contributed by atoms with Gasteiger partial charge < -0.3 is 4.90 Å². The molecule has 168 valence electrons. The van der Waals surface area contributed by atoms with Crippen molar-refractivity contribution in [2.45, 2.75) is 44.4 Å². The van der Waals surface area contributed by atoms with Crippen molar-refractivity contribution in [1.29, 1.82) is 0 Å². The lowest BCUT2D eigenvalue weighted by molar-refractivity contribution is 0.778. The fourth-order valence-corrected chi connectivity index (χ4v) is 4.67. The number of unbranched alkanes of at least 4 members (excludes halogenated alkanes) is 2. The summed E-state index contributed by atoms with van der Waals surface area (Å²) >= 11 is 3.20. The minimum Gasteiger partial charge on any atom is -0.372 e. The molecule has 0 aliphatic carbocycles. The van der Waals surface area contributed by atoms with Gasteiger partial charge in [0.05, 0.1) is 17.1 Å². The van der Waals surface area contributed by atoms with E-state index in [4.69, 9.17) is 0 Å². The summed E-state index contributed by atoms with van der Waals surface area (Å²) in [6.45, 7) is 8.48. The molecule has 0 bridgehead atoms. The number of azo groups is 2. The van der Waals surface area contributed by atoms with Crippen molar-refractivity contribution in [2.24, 2.45) is 20.5 Å². The van der Waals surface area contributed by atoms with Gasteiger partial charge in [-0.2, -0.15) is 10.2 Å². The minimum atomic E-state index is 0.569. The molecule has 9 heteroatoms. The van der Waals surface area contributed by atoms with Crippen LogP contribution in [0.5, 0.6) is 0 Å². The largest absolute Gasteiger partial charge is 0.372 e. The van der Waals surface area contributed by atoms with Gasteiger partial charge in [-0.15, -0.1) is 20.4 Å². The number of nitrogens with zero attached hydrogens (tertiary/aromatic N) is 7. The van der Waals surface area contributed by atoms with Crippen molar-refractivity contribution in [2.75, 3.05) is 23.7 Å². The summed E-state index contributed by atoms with van der Waals surface area (Å²) in [6.07, 6.45) is 3.67. The number of rotatable bonds is 12. The second kappa shape index (κ2) is 13.0. The van der Waals surface area contributed by atoms with E-state index >= 15 is 0 Å². The molecule has 7 nitrogen and oxygen atoms in total. The smallest absolute Gasteiger partial charge is 0.252 e. The zero-order chi connectivity index (χ0) is 22.6. The standard InChI is InChI=1S/C23H29N7S2/c1-4-7-8-17-31-23-29-28-22(32-23)27-26-19-11-9-18(10-12-19)24-25-20-13-15-21(16-14-20)30(5-2)6-3/h9-16H,4-8,17H2,1-3H3. The predicted octanol–water partition coefficient (Wildman–Crippen LogP) is 8.50. The molecular formula is C23H29N7S2. The van der Waals surface area contributed by atoms with Crippen LogP contribution in [0.15, 0.2) is 73.3 Å². The third-order valence-corrected chi connectivity index (χ3v) is 6.76. The van der Waals surface area contributed by atoms with Crippen LogP contribution in [0, 0.1) is 0 Å². The van der Waals surface area contributed by atoms with Crippen LogP contribution in [0.4, 0.5) is 27.9 Å². The molecule has 1 aromatic heterocycles. The Morgan fingerprint density at radius 2 is 1.31 bits per heavy atom. The molecule has 3 rings (SSSR count). The Hall–Kier alpha value is -2.65. The van der Waals surface area contributed by atoms with E-state index in [1.807, 2.05) is 36.4 Å². The minimum absolute atomic E-state index is 0.569. The lowest BCUT2D eigenvalue weighted by Gasteiger charge is -2.20. The Morgan fingerprint density at radius 3 is 1.88 bits per heavy atom. The topological polar surface area (TPSA) is 78.5 Å². The first-order chi connectivity index (χ1) is 15.7. The van der Waals surface area contributed by atoms with Crippen LogP contribution in [0.2, 0.25) is 0 Å².